The summed E-state index contributed by atoms with van der Waals surface area (Å²) in [5.41, 5.74) is 0. The van der Waals surface area contributed by atoms with Gasteiger partial charge in [0.2, 0.25) is 0 Å². The molecule has 1 aliphatic carbocycles. The highest BCUT2D eigenvalue weighted by molar-refractivity contribution is 9.09. The number of aromatic nitrogens is 1. The number of hydrogen-bond donors (Lipinski definition) is 0. The van der Waals surface area contributed by atoms with Gasteiger partial charge in [-0.3, -0.25) is 0 Å². The van der Waals surface area contributed by atoms with Gasteiger partial charge in [-0.05, 0) is 25.3 Å². The van der Waals surface area contributed by atoms with Crippen LogP contribution in [0.3, 0.4) is 0 Å². The molecule has 0 bridgehead atoms. The third kappa shape index (κ3) is 2.48. The van der Waals surface area contributed by atoms with Gasteiger partial charge in [0.15, 0.2) is 11.6 Å². The summed E-state index contributed by atoms with van der Waals surface area (Å²) in [4.78, 5) is 6.13. The molecule has 1 aliphatic rings. The standard InChI is InChI=1S/C11H13BrClFN2/c12-4-5-16(9-2-1-3-9)11-10(14)6-8(13)7-15-11/h6-7,9H,1-5H2. The van der Waals surface area contributed by atoms with Gasteiger partial charge >= 0.3 is 0 Å². The molecular weight excluding hydrogens is 294 g/mol. The van der Waals surface area contributed by atoms with Crippen LogP contribution < -0.4 is 4.90 Å². The van der Waals surface area contributed by atoms with Crippen LogP contribution in [0, 0.1) is 5.82 Å². The maximum Gasteiger partial charge on any atom is 0.167 e. The number of halogens is 3. The summed E-state index contributed by atoms with van der Waals surface area (Å²) >= 11 is 9.09. The molecule has 1 saturated carbocycles. The van der Waals surface area contributed by atoms with Gasteiger partial charge in [-0.25, -0.2) is 9.37 Å². The van der Waals surface area contributed by atoms with Crippen LogP contribution in [0.1, 0.15) is 19.3 Å². The summed E-state index contributed by atoms with van der Waals surface area (Å²) in [6.45, 7) is 0.774. The van der Waals surface area contributed by atoms with E-state index in [0.29, 0.717) is 16.9 Å². The highest BCUT2D eigenvalue weighted by Gasteiger charge is 2.27. The van der Waals surface area contributed by atoms with Gasteiger partial charge in [0.05, 0.1) is 5.02 Å². The molecule has 0 atom stereocenters. The molecule has 0 unspecified atom stereocenters. The molecule has 1 aromatic heterocycles. The van der Waals surface area contributed by atoms with Gasteiger partial charge in [0.1, 0.15) is 0 Å². The summed E-state index contributed by atoms with van der Waals surface area (Å²) in [6, 6.07) is 1.75. The highest BCUT2D eigenvalue weighted by atomic mass is 79.9. The van der Waals surface area contributed by atoms with E-state index in [9.17, 15) is 4.39 Å². The number of rotatable bonds is 4. The van der Waals surface area contributed by atoms with Crippen LogP contribution in [0.5, 0.6) is 0 Å². The zero-order valence-corrected chi connectivity index (χ0v) is 11.1. The molecule has 0 N–H and O–H groups in total. The van der Waals surface area contributed by atoms with Gasteiger partial charge in [0.25, 0.3) is 0 Å². The lowest BCUT2D eigenvalue weighted by molar-refractivity contribution is 0.385. The second kappa shape index (κ2) is 5.32. The average Bonchev–Trinajstić information content (AvgIpc) is 2.14. The van der Waals surface area contributed by atoms with Crippen LogP contribution in [0.25, 0.3) is 0 Å². The topological polar surface area (TPSA) is 16.1 Å². The minimum atomic E-state index is -0.333. The molecule has 0 amide bonds. The van der Waals surface area contributed by atoms with Crippen LogP contribution in [-0.2, 0) is 0 Å². The average molecular weight is 308 g/mol. The van der Waals surface area contributed by atoms with E-state index >= 15 is 0 Å². The molecule has 1 aromatic rings. The maximum absolute atomic E-state index is 13.7. The fourth-order valence-electron chi connectivity index (χ4n) is 1.87. The van der Waals surface area contributed by atoms with E-state index in [1.165, 1.54) is 18.7 Å². The summed E-state index contributed by atoms with van der Waals surface area (Å²) in [6.07, 6.45) is 4.96. The zero-order chi connectivity index (χ0) is 11.5. The Labute approximate surface area is 108 Å². The lowest BCUT2D eigenvalue weighted by Crippen LogP contribution is -2.42. The Balaban J connectivity index is 2.23. The van der Waals surface area contributed by atoms with E-state index in [2.05, 4.69) is 20.9 Å². The molecule has 0 spiro atoms. The van der Waals surface area contributed by atoms with E-state index < -0.39 is 0 Å². The Morgan fingerprint density at radius 2 is 2.31 bits per heavy atom. The summed E-state index contributed by atoms with van der Waals surface area (Å²) in [5.74, 6) is 0.0916. The van der Waals surface area contributed by atoms with Gasteiger partial charge in [-0.2, -0.15) is 0 Å². The Morgan fingerprint density at radius 3 is 2.81 bits per heavy atom. The van der Waals surface area contributed by atoms with Gasteiger partial charge in [0, 0.05) is 24.1 Å². The Bertz CT molecular complexity index is 371. The molecule has 1 heterocycles. The Kier molecular flexibility index (Phi) is 4.03. The van der Waals surface area contributed by atoms with Crippen LogP contribution in [0.2, 0.25) is 5.02 Å². The van der Waals surface area contributed by atoms with E-state index in [-0.39, 0.29) is 5.82 Å². The normalized spacial score (nSPS) is 15.9. The van der Waals surface area contributed by atoms with Crippen molar-refractivity contribution in [3.05, 3.63) is 23.1 Å². The van der Waals surface area contributed by atoms with Crippen molar-refractivity contribution in [1.29, 1.82) is 0 Å². The number of hydrogen-bond acceptors (Lipinski definition) is 2. The summed E-state index contributed by atoms with van der Waals surface area (Å²) < 4.78 is 13.7. The van der Waals surface area contributed by atoms with Crippen molar-refractivity contribution in [2.24, 2.45) is 0 Å². The number of anilines is 1. The van der Waals surface area contributed by atoms with E-state index in [1.807, 2.05) is 4.90 Å². The van der Waals surface area contributed by atoms with E-state index in [0.717, 1.165) is 24.7 Å². The van der Waals surface area contributed by atoms with Crippen LogP contribution >= 0.6 is 27.5 Å². The van der Waals surface area contributed by atoms with Crippen LogP contribution in [0.4, 0.5) is 10.2 Å². The molecule has 88 valence electrons. The predicted octanol–water partition coefficient (Wildman–Crippen LogP) is 3.63. The summed E-state index contributed by atoms with van der Waals surface area (Å²) in [5, 5.41) is 1.15. The lowest BCUT2D eigenvalue weighted by Gasteiger charge is -2.38. The van der Waals surface area contributed by atoms with Crippen molar-refractivity contribution in [2.75, 3.05) is 16.8 Å². The molecule has 0 aromatic carbocycles. The van der Waals surface area contributed by atoms with Gasteiger partial charge in [-0.1, -0.05) is 27.5 Å². The molecule has 0 aliphatic heterocycles. The summed E-state index contributed by atoms with van der Waals surface area (Å²) in [7, 11) is 0. The van der Waals surface area contributed by atoms with Crippen LogP contribution in [-0.4, -0.2) is 22.9 Å². The molecule has 1 fully saturated rings. The minimum Gasteiger partial charge on any atom is -0.350 e. The molecular formula is C11H13BrClFN2. The Morgan fingerprint density at radius 1 is 1.56 bits per heavy atom. The lowest BCUT2D eigenvalue weighted by atomic mass is 9.91. The van der Waals surface area contributed by atoms with Crippen molar-refractivity contribution in [1.82, 2.24) is 4.98 Å². The largest absolute Gasteiger partial charge is 0.350 e. The first-order valence-electron chi connectivity index (χ1n) is 5.36. The van der Waals surface area contributed by atoms with Gasteiger partial charge < -0.3 is 4.90 Å². The SMILES string of the molecule is Fc1cc(Cl)cnc1N(CCBr)C1CCC1. The maximum atomic E-state index is 13.7. The first kappa shape index (κ1) is 12.1. The van der Waals surface area contributed by atoms with Crippen molar-refractivity contribution in [3.8, 4) is 0 Å². The second-order valence-electron chi connectivity index (χ2n) is 3.93. The van der Waals surface area contributed by atoms with Crippen molar-refractivity contribution in [2.45, 2.75) is 25.3 Å². The second-order valence-corrected chi connectivity index (χ2v) is 5.16. The number of nitrogens with zero attached hydrogens (tertiary/aromatic N) is 2. The third-order valence-corrected chi connectivity index (χ3v) is 3.46. The molecule has 5 heteroatoms. The fraction of sp³-hybridized carbons (Fsp3) is 0.545. The molecule has 2 rings (SSSR count). The molecule has 2 nitrogen and oxygen atoms in total. The van der Waals surface area contributed by atoms with Crippen molar-refractivity contribution in [3.63, 3.8) is 0 Å². The number of alkyl halides is 1. The quantitative estimate of drug-likeness (QED) is 0.790. The minimum absolute atomic E-state index is 0.333. The molecule has 0 radical (unpaired) electrons. The van der Waals surface area contributed by atoms with Crippen LogP contribution in [0.15, 0.2) is 12.3 Å². The van der Waals surface area contributed by atoms with Crippen molar-refractivity contribution >= 4 is 33.3 Å². The monoisotopic (exact) mass is 306 g/mol. The first-order valence-corrected chi connectivity index (χ1v) is 6.86. The van der Waals surface area contributed by atoms with E-state index in [1.54, 1.807) is 0 Å². The Hall–Kier alpha value is -0.350. The first-order chi connectivity index (χ1) is 7.72. The van der Waals surface area contributed by atoms with E-state index in [4.69, 9.17) is 11.6 Å². The number of pyridine rings is 1. The fourth-order valence-corrected chi connectivity index (χ4v) is 2.40. The highest BCUT2D eigenvalue weighted by Crippen LogP contribution is 2.30. The smallest absolute Gasteiger partial charge is 0.167 e. The third-order valence-electron chi connectivity index (χ3n) is 2.90. The zero-order valence-electron chi connectivity index (χ0n) is 8.80. The predicted molar refractivity (Wildman–Crippen MR) is 68.0 cm³/mol. The van der Waals surface area contributed by atoms with Crippen molar-refractivity contribution < 1.29 is 4.39 Å². The molecule has 16 heavy (non-hydrogen) atoms. The van der Waals surface area contributed by atoms with Gasteiger partial charge in [-0.15, -0.1) is 0 Å². The molecule has 0 saturated heterocycles.